The number of aromatic amines is 1. The Kier molecular flexibility index (Phi) is 2.26. The molecule has 0 saturated carbocycles. The van der Waals surface area contributed by atoms with Gasteiger partial charge in [0, 0.05) is 0 Å². The molecular formula is C13H8F2N2O. The number of nitrogens with one attached hydrogen (secondary N) is 1. The van der Waals surface area contributed by atoms with Crippen LogP contribution in [0, 0.1) is 11.6 Å². The molecule has 3 nitrogen and oxygen atoms in total. The lowest BCUT2D eigenvalue weighted by molar-refractivity contribution is 0.429. The molecule has 0 unspecified atom stereocenters. The van der Waals surface area contributed by atoms with Gasteiger partial charge in [0.2, 0.25) is 0 Å². The van der Waals surface area contributed by atoms with Crippen molar-refractivity contribution in [2.24, 2.45) is 0 Å². The molecule has 0 aliphatic heterocycles. The Morgan fingerprint density at radius 1 is 1.06 bits per heavy atom. The summed E-state index contributed by atoms with van der Waals surface area (Å²) in [5.74, 6) is -2.34. The highest BCUT2D eigenvalue weighted by Crippen LogP contribution is 2.30. The summed E-state index contributed by atoms with van der Waals surface area (Å²) in [6.45, 7) is 0. The van der Waals surface area contributed by atoms with Crippen molar-refractivity contribution in [2.75, 3.05) is 0 Å². The number of para-hydroxylation sites is 2. The maximum absolute atomic E-state index is 13.7. The number of imidazole rings is 1. The molecule has 0 radical (unpaired) electrons. The third-order valence-corrected chi connectivity index (χ3v) is 2.70. The summed E-state index contributed by atoms with van der Waals surface area (Å²) in [5.41, 5.74) is 0.926. The molecule has 1 heterocycles. The number of rotatable bonds is 1. The molecule has 18 heavy (non-hydrogen) atoms. The highest BCUT2D eigenvalue weighted by atomic mass is 19.1. The standard InChI is InChI=1S/C13H8F2N2O/c14-7-5-6-10(18)12(15)11(7)13-16-8-3-1-2-4-9(8)17-13/h1-6,18H,(H,16,17). The van der Waals surface area contributed by atoms with Gasteiger partial charge in [-0.2, -0.15) is 0 Å². The van der Waals surface area contributed by atoms with Gasteiger partial charge in [0.1, 0.15) is 11.6 Å². The number of H-pyrrole nitrogens is 1. The molecule has 3 rings (SSSR count). The molecule has 2 N–H and O–H groups in total. The van der Waals surface area contributed by atoms with Crippen LogP contribution in [0.2, 0.25) is 0 Å². The SMILES string of the molecule is Oc1ccc(F)c(-c2nc3ccccc3[nH]2)c1F. The van der Waals surface area contributed by atoms with Crippen molar-refractivity contribution >= 4 is 11.0 Å². The molecule has 0 spiro atoms. The van der Waals surface area contributed by atoms with Gasteiger partial charge in [-0.3, -0.25) is 0 Å². The quantitative estimate of drug-likeness (QED) is 0.692. The van der Waals surface area contributed by atoms with E-state index in [-0.39, 0.29) is 11.4 Å². The van der Waals surface area contributed by atoms with Crippen LogP contribution in [0.15, 0.2) is 36.4 Å². The second-order valence-corrected chi connectivity index (χ2v) is 3.86. The normalized spacial score (nSPS) is 11.0. The topological polar surface area (TPSA) is 48.9 Å². The molecule has 0 fully saturated rings. The summed E-state index contributed by atoms with van der Waals surface area (Å²) < 4.78 is 27.4. The van der Waals surface area contributed by atoms with E-state index in [0.29, 0.717) is 11.0 Å². The Morgan fingerprint density at radius 3 is 2.61 bits per heavy atom. The van der Waals surface area contributed by atoms with Gasteiger partial charge in [0.25, 0.3) is 0 Å². The van der Waals surface area contributed by atoms with E-state index in [9.17, 15) is 13.9 Å². The van der Waals surface area contributed by atoms with Gasteiger partial charge in [-0.05, 0) is 24.3 Å². The van der Waals surface area contributed by atoms with Gasteiger partial charge >= 0.3 is 0 Å². The molecule has 3 aromatic rings. The van der Waals surface area contributed by atoms with Crippen molar-refractivity contribution in [3.63, 3.8) is 0 Å². The number of hydrogen-bond donors (Lipinski definition) is 2. The largest absolute Gasteiger partial charge is 0.505 e. The molecule has 1 aromatic heterocycles. The van der Waals surface area contributed by atoms with Gasteiger partial charge < -0.3 is 10.1 Å². The first-order valence-corrected chi connectivity index (χ1v) is 5.29. The first-order valence-electron chi connectivity index (χ1n) is 5.29. The van der Waals surface area contributed by atoms with Crippen LogP contribution in [0.1, 0.15) is 0 Å². The molecule has 5 heteroatoms. The number of hydrogen-bond acceptors (Lipinski definition) is 2. The predicted molar refractivity (Wildman–Crippen MR) is 63.1 cm³/mol. The molecule has 2 aromatic carbocycles. The van der Waals surface area contributed by atoms with E-state index in [2.05, 4.69) is 9.97 Å². The average molecular weight is 246 g/mol. The van der Waals surface area contributed by atoms with Gasteiger partial charge in [-0.15, -0.1) is 0 Å². The van der Waals surface area contributed by atoms with Crippen LogP contribution in [0.3, 0.4) is 0 Å². The number of nitrogens with zero attached hydrogens (tertiary/aromatic N) is 1. The number of aromatic nitrogens is 2. The van der Waals surface area contributed by atoms with Gasteiger partial charge in [-0.25, -0.2) is 13.8 Å². The fraction of sp³-hybridized carbons (Fsp3) is 0. The van der Waals surface area contributed by atoms with Crippen LogP contribution in [0.4, 0.5) is 8.78 Å². The lowest BCUT2D eigenvalue weighted by Crippen LogP contribution is -1.92. The Morgan fingerprint density at radius 2 is 1.83 bits per heavy atom. The van der Waals surface area contributed by atoms with Crippen LogP contribution >= 0.6 is 0 Å². The van der Waals surface area contributed by atoms with Crippen molar-refractivity contribution in [3.05, 3.63) is 48.0 Å². The van der Waals surface area contributed by atoms with E-state index in [0.717, 1.165) is 12.1 Å². The van der Waals surface area contributed by atoms with E-state index in [1.165, 1.54) is 0 Å². The minimum atomic E-state index is -1.02. The Labute approximate surface area is 101 Å². The monoisotopic (exact) mass is 246 g/mol. The van der Waals surface area contributed by atoms with Crippen molar-refractivity contribution in [3.8, 4) is 17.1 Å². The number of aromatic hydroxyl groups is 1. The zero-order valence-corrected chi connectivity index (χ0v) is 9.11. The second kappa shape index (κ2) is 3.80. The minimum absolute atomic E-state index is 0.0575. The first-order chi connectivity index (χ1) is 8.66. The highest BCUT2D eigenvalue weighted by molar-refractivity contribution is 5.79. The molecule has 0 aliphatic carbocycles. The lowest BCUT2D eigenvalue weighted by atomic mass is 10.1. The van der Waals surface area contributed by atoms with Crippen molar-refractivity contribution in [1.82, 2.24) is 9.97 Å². The van der Waals surface area contributed by atoms with E-state index >= 15 is 0 Å². The molecule has 0 aliphatic rings. The number of benzene rings is 2. The fourth-order valence-electron chi connectivity index (χ4n) is 1.83. The molecule has 0 atom stereocenters. The van der Waals surface area contributed by atoms with E-state index in [1.807, 2.05) is 0 Å². The number of fused-ring (bicyclic) bond motifs is 1. The van der Waals surface area contributed by atoms with Crippen LogP contribution < -0.4 is 0 Å². The molecule has 0 saturated heterocycles. The number of phenols is 1. The fourth-order valence-corrected chi connectivity index (χ4v) is 1.83. The average Bonchev–Trinajstić information content (AvgIpc) is 2.77. The molecular weight excluding hydrogens is 238 g/mol. The number of phenolic OH excluding ortho intramolecular Hbond substituents is 1. The first kappa shape index (κ1) is 10.7. The molecule has 0 bridgehead atoms. The van der Waals surface area contributed by atoms with Gasteiger partial charge in [0.05, 0.1) is 16.6 Å². The summed E-state index contributed by atoms with van der Waals surface area (Å²) in [5, 5.41) is 9.28. The van der Waals surface area contributed by atoms with E-state index in [4.69, 9.17) is 0 Å². The van der Waals surface area contributed by atoms with E-state index in [1.54, 1.807) is 24.3 Å². The van der Waals surface area contributed by atoms with Crippen LogP contribution in [-0.2, 0) is 0 Å². The Hall–Kier alpha value is -2.43. The summed E-state index contributed by atoms with van der Waals surface area (Å²) in [7, 11) is 0. The maximum Gasteiger partial charge on any atom is 0.178 e. The third kappa shape index (κ3) is 1.52. The summed E-state index contributed by atoms with van der Waals surface area (Å²) in [6.07, 6.45) is 0. The zero-order chi connectivity index (χ0) is 12.7. The maximum atomic E-state index is 13.7. The smallest absolute Gasteiger partial charge is 0.178 e. The molecule has 0 amide bonds. The second-order valence-electron chi connectivity index (χ2n) is 3.86. The van der Waals surface area contributed by atoms with Gasteiger partial charge in [0.15, 0.2) is 11.6 Å². The van der Waals surface area contributed by atoms with Crippen LogP contribution in [0.25, 0.3) is 22.4 Å². The minimum Gasteiger partial charge on any atom is -0.505 e. The highest BCUT2D eigenvalue weighted by Gasteiger charge is 2.18. The predicted octanol–water partition coefficient (Wildman–Crippen LogP) is 3.21. The summed E-state index contributed by atoms with van der Waals surface area (Å²) >= 11 is 0. The Bertz CT molecular complexity index is 704. The lowest BCUT2D eigenvalue weighted by Gasteiger charge is -2.02. The number of halogens is 2. The Balaban J connectivity index is 2.29. The van der Waals surface area contributed by atoms with Crippen molar-refractivity contribution < 1.29 is 13.9 Å². The van der Waals surface area contributed by atoms with Gasteiger partial charge in [-0.1, -0.05) is 12.1 Å². The van der Waals surface area contributed by atoms with Crippen LogP contribution in [-0.4, -0.2) is 15.1 Å². The van der Waals surface area contributed by atoms with Crippen LogP contribution in [0.5, 0.6) is 5.75 Å². The van der Waals surface area contributed by atoms with E-state index < -0.39 is 17.4 Å². The molecule has 90 valence electrons. The van der Waals surface area contributed by atoms with Crippen molar-refractivity contribution in [2.45, 2.75) is 0 Å². The third-order valence-electron chi connectivity index (χ3n) is 2.70. The summed E-state index contributed by atoms with van der Waals surface area (Å²) in [6, 6.07) is 9.03. The van der Waals surface area contributed by atoms with Crippen molar-refractivity contribution in [1.29, 1.82) is 0 Å². The zero-order valence-electron chi connectivity index (χ0n) is 9.11. The summed E-state index contributed by atoms with van der Waals surface area (Å²) in [4.78, 5) is 6.92.